The molecule has 0 unspecified atom stereocenters. The van der Waals surface area contributed by atoms with Crippen LogP contribution in [0.3, 0.4) is 0 Å². The first kappa shape index (κ1) is 29.8. The Kier molecular flexibility index (Phi) is 12.6. The highest BCUT2D eigenvalue weighted by Crippen LogP contribution is 2.36. The molecule has 37 heavy (non-hydrogen) atoms. The number of aliphatic imine (C=N–C) groups is 1. The van der Waals surface area contributed by atoms with Gasteiger partial charge in [0, 0.05) is 30.0 Å². The number of nitrogens with zero attached hydrogens (tertiary/aromatic N) is 3. The van der Waals surface area contributed by atoms with Crippen LogP contribution in [0.25, 0.3) is 5.57 Å². The predicted octanol–water partition coefficient (Wildman–Crippen LogP) is 6.30. The summed E-state index contributed by atoms with van der Waals surface area (Å²) in [6.07, 6.45) is 11.8. The molecule has 1 aromatic carbocycles. The SMILES string of the molecule is CC=N/C=C(\C(C(=O)Nc1nnc(CCC/C=C\C(=C/C)CO)s1)=C(/C)CC)c1c(F)cccc1OC. The normalized spacial score (nSPS) is 13.4. The Hall–Kier alpha value is -3.43. The molecule has 0 aliphatic carbocycles. The summed E-state index contributed by atoms with van der Waals surface area (Å²) in [5, 5.41) is 21.5. The van der Waals surface area contributed by atoms with E-state index in [0.29, 0.717) is 34.9 Å². The predicted molar refractivity (Wildman–Crippen MR) is 150 cm³/mol. The number of amides is 1. The molecule has 1 aromatic heterocycles. The number of aliphatic hydroxyl groups is 1. The summed E-state index contributed by atoms with van der Waals surface area (Å²) in [7, 11) is 1.46. The molecular formula is C28H35FN4O3S. The maximum absolute atomic E-state index is 15.0. The summed E-state index contributed by atoms with van der Waals surface area (Å²) < 4.78 is 20.4. The molecule has 0 aliphatic rings. The molecule has 0 fully saturated rings. The monoisotopic (exact) mass is 526 g/mol. The Bertz CT molecular complexity index is 1210. The van der Waals surface area contributed by atoms with E-state index in [-0.39, 0.29) is 12.2 Å². The first-order chi connectivity index (χ1) is 17.9. The quantitative estimate of drug-likeness (QED) is 0.138. The molecule has 0 aliphatic heterocycles. The van der Waals surface area contributed by atoms with E-state index in [1.54, 1.807) is 25.3 Å². The zero-order chi connectivity index (χ0) is 27.2. The van der Waals surface area contributed by atoms with E-state index in [0.717, 1.165) is 29.0 Å². The van der Waals surface area contributed by atoms with Crippen molar-refractivity contribution < 1.29 is 19.0 Å². The molecule has 0 atom stereocenters. The molecule has 198 valence electrons. The molecule has 0 spiro atoms. The maximum Gasteiger partial charge on any atom is 0.258 e. The van der Waals surface area contributed by atoms with Crippen LogP contribution in [0.1, 0.15) is 57.5 Å². The number of hydrogen-bond donors (Lipinski definition) is 2. The van der Waals surface area contributed by atoms with E-state index in [1.807, 2.05) is 39.0 Å². The number of hydrogen-bond acceptors (Lipinski definition) is 7. The molecule has 2 rings (SSSR count). The highest BCUT2D eigenvalue weighted by molar-refractivity contribution is 7.15. The Morgan fingerprint density at radius 3 is 2.73 bits per heavy atom. The van der Waals surface area contributed by atoms with Crippen LogP contribution in [-0.2, 0) is 11.2 Å². The smallest absolute Gasteiger partial charge is 0.258 e. The van der Waals surface area contributed by atoms with Gasteiger partial charge in [-0.2, -0.15) is 0 Å². The fourth-order valence-electron chi connectivity index (χ4n) is 3.47. The van der Waals surface area contributed by atoms with Crippen molar-refractivity contribution in [2.45, 2.75) is 53.4 Å². The van der Waals surface area contributed by atoms with Crippen molar-refractivity contribution in [1.82, 2.24) is 10.2 Å². The van der Waals surface area contributed by atoms with E-state index in [4.69, 9.17) is 4.74 Å². The number of halogens is 1. The number of anilines is 1. The van der Waals surface area contributed by atoms with Gasteiger partial charge in [0.1, 0.15) is 16.6 Å². The molecule has 2 N–H and O–H groups in total. The highest BCUT2D eigenvalue weighted by Gasteiger charge is 2.25. The number of aryl methyl sites for hydroxylation is 1. The molecule has 0 saturated heterocycles. The van der Waals surface area contributed by atoms with Crippen LogP contribution in [0.4, 0.5) is 9.52 Å². The number of carbonyl (C=O) groups excluding carboxylic acids is 1. The standard InChI is InChI=1S/C28H35FN4O3S/c1-6-19(4)25(21(17-30-8-3)26-22(29)14-12-15-23(26)36-5)27(35)31-28-33-32-24(37-28)16-11-9-10-13-20(7-2)18-34/h7-8,10,12-15,17,34H,6,9,11,16,18H2,1-5H3,(H,31,33,35)/b13-10-,20-7+,21-17+,25-19-,30-8?. The van der Waals surface area contributed by atoms with Crippen LogP contribution >= 0.6 is 11.3 Å². The van der Waals surface area contributed by atoms with Crippen molar-refractivity contribution in [1.29, 1.82) is 0 Å². The Morgan fingerprint density at radius 1 is 1.30 bits per heavy atom. The van der Waals surface area contributed by atoms with Crippen LogP contribution in [0.15, 0.2) is 64.3 Å². The number of aromatic nitrogens is 2. The number of aliphatic hydroxyl groups excluding tert-OH is 1. The molecule has 0 radical (unpaired) electrons. The molecule has 0 bridgehead atoms. The lowest BCUT2D eigenvalue weighted by molar-refractivity contribution is -0.112. The van der Waals surface area contributed by atoms with Crippen LogP contribution in [0.5, 0.6) is 5.75 Å². The minimum atomic E-state index is -0.515. The van der Waals surface area contributed by atoms with Gasteiger partial charge in [0.25, 0.3) is 5.91 Å². The molecule has 0 saturated carbocycles. The van der Waals surface area contributed by atoms with Crippen molar-refractivity contribution >= 4 is 34.2 Å². The second kappa shape index (κ2) is 15.6. The fraction of sp³-hybridized carbons (Fsp3) is 0.357. The third-order valence-corrected chi connectivity index (χ3v) is 6.50. The van der Waals surface area contributed by atoms with Crippen molar-refractivity contribution in [2.75, 3.05) is 19.0 Å². The number of allylic oxidation sites excluding steroid dienone is 3. The van der Waals surface area contributed by atoms with E-state index >= 15 is 4.39 Å². The van der Waals surface area contributed by atoms with E-state index < -0.39 is 11.7 Å². The minimum absolute atomic E-state index is 0.0196. The third kappa shape index (κ3) is 8.58. The van der Waals surface area contributed by atoms with E-state index in [2.05, 4.69) is 20.5 Å². The van der Waals surface area contributed by atoms with Gasteiger partial charge in [-0.1, -0.05) is 48.1 Å². The Labute approximate surface area is 222 Å². The largest absolute Gasteiger partial charge is 0.496 e. The van der Waals surface area contributed by atoms with Gasteiger partial charge in [-0.05, 0) is 57.7 Å². The van der Waals surface area contributed by atoms with Gasteiger partial charge >= 0.3 is 0 Å². The van der Waals surface area contributed by atoms with Crippen molar-refractivity contribution in [3.63, 3.8) is 0 Å². The van der Waals surface area contributed by atoms with Gasteiger partial charge in [-0.15, -0.1) is 10.2 Å². The minimum Gasteiger partial charge on any atom is -0.496 e. The van der Waals surface area contributed by atoms with Crippen molar-refractivity contribution in [3.05, 3.63) is 75.7 Å². The Morgan fingerprint density at radius 2 is 2.08 bits per heavy atom. The van der Waals surface area contributed by atoms with Gasteiger partial charge in [0.15, 0.2) is 0 Å². The van der Waals surface area contributed by atoms with E-state index in [1.165, 1.54) is 30.7 Å². The number of ether oxygens (including phenoxy) is 1. The summed E-state index contributed by atoms with van der Waals surface area (Å²) in [6.45, 7) is 7.41. The first-order valence-corrected chi connectivity index (χ1v) is 13.0. The summed E-state index contributed by atoms with van der Waals surface area (Å²) in [5.74, 6) is -0.630. The maximum atomic E-state index is 15.0. The highest BCUT2D eigenvalue weighted by atomic mass is 32.1. The molecule has 7 nitrogen and oxygen atoms in total. The summed E-state index contributed by atoms with van der Waals surface area (Å²) in [5.41, 5.74) is 2.44. The van der Waals surface area contributed by atoms with E-state index in [9.17, 15) is 9.90 Å². The lowest BCUT2D eigenvalue weighted by Crippen LogP contribution is -2.18. The number of methoxy groups -OCH3 is 1. The molecule has 1 amide bonds. The topological polar surface area (TPSA) is 96.7 Å². The average Bonchev–Trinajstić information content (AvgIpc) is 3.35. The summed E-state index contributed by atoms with van der Waals surface area (Å²) >= 11 is 1.31. The molecule has 2 aromatic rings. The lowest BCUT2D eigenvalue weighted by Gasteiger charge is -2.17. The number of benzene rings is 1. The fourth-order valence-corrected chi connectivity index (χ4v) is 4.25. The van der Waals surface area contributed by atoms with Crippen LogP contribution in [0.2, 0.25) is 0 Å². The van der Waals surface area contributed by atoms with Gasteiger partial charge in [0.2, 0.25) is 5.13 Å². The van der Waals surface area contributed by atoms with Crippen molar-refractivity contribution in [3.8, 4) is 5.75 Å². The number of carbonyl (C=O) groups is 1. The van der Waals surface area contributed by atoms with Crippen LogP contribution in [0, 0.1) is 5.82 Å². The van der Waals surface area contributed by atoms with Gasteiger partial charge in [-0.25, -0.2) is 4.39 Å². The lowest BCUT2D eigenvalue weighted by atomic mass is 9.92. The van der Waals surface area contributed by atoms with Crippen molar-refractivity contribution in [2.24, 2.45) is 4.99 Å². The average molecular weight is 527 g/mol. The number of unbranched alkanes of at least 4 members (excludes halogenated alkanes) is 1. The second-order valence-corrected chi connectivity index (χ2v) is 9.11. The second-order valence-electron chi connectivity index (χ2n) is 8.05. The van der Waals surface area contributed by atoms with Crippen LogP contribution in [-0.4, -0.2) is 41.1 Å². The van der Waals surface area contributed by atoms with Gasteiger partial charge in [-0.3, -0.25) is 15.1 Å². The molecular weight excluding hydrogens is 491 g/mol. The zero-order valence-corrected chi connectivity index (χ0v) is 22.9. The van der Waals surface area contributed by atoms with Gasteiger partial charge in [0.05, 0.1) is 19.3 Å². The number of nitrogens with one attached hydrogen (secondary N) is 1. The first-order valence-electron chi connectivity index (χ1n) is 12.2. The van der Waals surface area contributed by atoms with Crippen LogP contribution < -0.4 is 10.1 Å². The van der Waals surface area contributed by atoms with Gasteiger partial charge < -0.3 is 9.84 Å². The Balaban J connectivity index is 2.27. The molecule has 9 heteroatoms. The zero-order valence-electron chi connectivity index (χ0n) is 22.0. The third-order valence-electron chi connectivity index (χ3n) is 5.60. The summed E-state index contributed by atoms with van der Waals surface area (Å²) in [4.78, 5) is 17.7. The molecule has 1 heterocycles. The number of rotatable bonds is 13. The summed E-state index contributed by atoms with van der Waals surface area (Å²) in [6, 6.07) is 4.53.